The van der Waals surface area contributed by atoms with E-state index < -0.39 is 0 Å². The third-order valence-electron chi connectivity index (χ3n) is 8.30. The van der Waals surface area contributed by atoms with Gasteiger partial charge in [0.15, 0.2) is 17.5 Å². The third-order valence-corrected chi connectivity index (χ3v) is 8.30. The van der Waals surface area contributed by atoms with Crippen molar-refractivity contribution >= 4 is 0 Å². The van der Waals surface area contributed by atoms with Crippen LogP contribution in [0.1, 0.15) is 5.56 Å². The van der Waals surface area contributed by atoms with E-state index in [0.29, 0.717) is 23.0 Å². The van der Waals surface area contributed by atoms with E-state index in [9.17, 15) is 5.26 Å². The van der Waals surface area contributed by atoms with E-state index in [0.717, 1.165) is 61.7 Å². The second-order valence-electron chi connectivity index (χ2n) is 11.6. The zero-order valence-corrected chi connectivity index (χ0v) is 26.7. The Labute approximate surface area is 289 Å². The zero-order chi connectivity index (χ0) is 33.7. The molecule has 7 nitrogen and oxygen atoms in total. The number of aromatic nitrogens is 6. The molecule has 0 radical (unpaired) electrons. The van der Waals surface area contributed by atoms with Crippen LogP contribution in [0.4, 0.5) is 0 Å². The molecule has 4 aromatic heterocycles. The molecule has 0 N–H and O–H groups in total. The lowest BCUT2D eigenvalue weighted by Gasteiger charge is -2.10. The highest BCUT2D eigenvalue weighted by atomic mass is 15.0. The van der Waals surface area contributed by atoms with Gasteiger partial charge in [-0.25, -0.2) is 19.9 Å². The molecule has 8 rings (SSSR count). The molecule has 50 heavy (non-hydrogen) atoms. The number of hydrogen-bond acceptors (Lipinski definition) is 7. The van der Waals surface area contributed by atoms with Gasteiger partial charge in [0.05, 0.1) is 34.4 Å². The number of pyridine rings is 3. The van der Waals surface area contributed by atoms with Crippen LogP contribution >= 0.6 is 0 Å². The fourth-order valence-electron chi connectivity index (χ4n) is 5.68. The largest absolute Gasteiger partial charge is 0.255 e. The lowest BCUT2D eigenvalue weighted by molar-refractivity contribution is 1.07. The first-order valence-corrected chi connectivity index (χ1v) is 16.1. The van der Waals surface area contributed by atoms with Crippen LogP contribution in [0.3, 0.4) is 0 Å². The minimum absolute atomic E-state index is 0.606. The van der Waals surface area contributed by atoms with Gasteiger partial charge in [-0.1, -0.05) is 109 Å². The van der Waals surface area contributed by atoms with Gasteiger partial charge in [0.25, 0.3) is 0 Å². The summed E-state index contributed by atoms with van der Waals surface area (Å²) in [5.74, 6) is 1.86. The van der Waals surface area contributed by atoms with E-state index in [2.05, 4.69) is 29.3 Å². The molecule has 0 bridgehead atoms. The SMILES string of the molecule is N#Cc1ccc(-c2cc(-c3ccccn3)nc(-c3ccc(-c4ccc(-c5nc(-c6ccccc6)nc(-c6ccccc6)n5)cc4)cn3)c2)cc1. The highest BCUT2D eigenvalue weighted by Gasteiger charge is 2.14. The second kappa shape index (κ2) is 13.5. The average Bonchev–Trinajstić information content (AvgIpc) is 3.21. The number of hydrogen-bond donors (Lipinski definition) is 0. The standard InChI is InChI=1S/C43H27N7/c44-27-29-14-16-31(17-15-29)36-25-39(37-13-7-8-24-45-37)47-40(26-36)38-23-22-35(28-46-38)30-18-20-34(21-19-30)43-49-41(32-9-3-1-4-10-32)48-42(50-43)33-11-5-2-6-12-33/h1-26,28H. The summed E-state index contributed by atoms with van der Waals surface area (Å²) in [6.45, 7) is 0. The molecule has 234 valence electrons. The van der Waals surface area contributed by atoms with E-state index in [-0.39, 0.29) is 0 Å². The van der Waals surface area contributed by atoms with E-state index >= 15 is 0 Å². The quantitative estimate of drug-likeness (QED) is 0.171. The monoisotopic (exact) mass is 641 g/mol. The van der Waals surface area contributed by atoms with Crippen molar-refractivity contribution in [2.75, 3.05) is 0 Å². The maximum absolute atomic E-state index is 9.27. The van der Waals surface area contributed by atoms with Crippen molar-refractivity contribution in [1.29, 1.82) is 5.26 Å². The van der Waals surface area contributed by atoms with Gasteiger partial charge in [-0.2, -0.15) is 5.26 Å². The van der Waals surface area contributed by atoms with Gasteiger partial charge in [0.1, 0.15) is 0 Å². The topological polar surface area (TPSA) is 101 Å². The number of benzene rings is 4. The molecule has 4 heterocycles. The molecular formula is C43H27N7. The Bertz CT molecular complexity index is 2380. The van der Waals surface area contributed by atoms with Gasteiger partial charge in [0.2, 0.25) is 0 Å². The Morgan fingerprint density at radius 1 is 0.360 bits per heavy atom. The molecule has 4 aromatic carbocycles. The lowest BCUT2D eigenvalue weighted by atomic mass is 10.0. The first kappa shape index (κ1) is 30.2. The van der Waals surface area contributed by atoms with Crippen LogP contribution in [0.5, 0.6) is 0 Å². The van der Waals surface area contributed by atoms with Crippen LogP contribution < -0.4 is 0 Å². The predicted molar refractivity (Wildman–Crippen MR) is 196 cm³/mol. The highest BCUT2D eigenvalue weighted by molar-refractivity contribution is 5.76. The molecule has 0 aliphatic heterocycles. The van der Waals surface area contributed by atoms with Gasteiger partial charge >= 0.3 is 0 Å². The van der Waals surface area contributed by atoms with Crippen molar-refractivity contribution in [2.45, 2.75) is 0 Å². The summed E-state index contributed by atoms with van der Waals surface area (Å²) in [4.78, 5) is 28.8. The minimum Gasteiger partial charge on any atom is -0.255 e. The summed E-state index contributed by atoms with van der Waals surface area (Å²) in [6.07, 6.45) is 3.62. The smallest absolute Gasteiger partial charge is 0.164 e. The van der Waals surface area contributed by atoms with Crippen LogP contribution in [-0.2, 0) is 0 Å². The molecule has 0 saturated carbocycles. The first-order chi connectivity index (χ1) is 24.7. The van der Waals surface area contributed by atoms with Crippen LogP contribution in [0, 0.1) is 11.3 Å². The molecular weight excluding hydrogens is 615 g/mol. The summed E-state index contributed by atoms with van der Waals surface area (Å²) >= 11 is 0. The van der Waals surface area contributed by atoms with E-state index in [1.807, 2.05) is 140 Å². The van der Waals surface area contributed by atoms with Crippen LogP contribution in [0.2, 0.25) is 0 Å². The summed E-state index contributed by atoms with van der Waals surface area (Å²) in [5.41, 5.74) is 10.3. The summed E-state index contributed by atoms with van der Waals surface area (Å²) in [5, 5.41) is 9.27. The maximum Gasteiger partial charge on any atom is 0.164 e. The van der Waals surface area contributed by atoms with Crippen LogP contribution in [0.15, 0.2) is 164 Å². The van der Waals surface area contributed by atoms with Crippen molar-refractivity contribution in [3.05, 3.63) is 170 Å². The molecule has 0 aliphatic carbocycles. The molecule has 0 atom stereocenters. The van der Waals surface area contributed by atoms with Crippen molar-refractivity contribution < 1.29 is 0 Å². The van der Waals surface area contributed by atoms with Crippen molar-refractivity contribution in [2.24, 2.45) is 0 Å². The maximum atomic E-state index is 9.27. The van der Waals surface area contributed by atoms with Gasteiger partial charge in [-0.15, -0.1) is 0 Å². The van der Waals surface area contributed by atoms with E-state index in [1.165, 1.54) is 0 Å². The van der Waals surface area contributed by atoms with Crippen LogP contribution in [0.25, 0.3) is 79.2 Å². The normalized spacial score (nSPS) is 10.8. The van der Waals surface area contributed by atoms with Gasteiger partial charge in [-0.3, -0.25) is 9.97 Å². The Morgan fingerprint density at radius 3 is 1.36 bits per heavy atom. The molecule has 0 amide bonds. The number of nitrogens with zero attached hydrogens (tertiary/aromatic N) is 7. The number of nitriles is 1. The summed E-state index contributed by atoms with van der Waals surface area (Å²) in [7, 11) is 0. The molecule has 8 aromatic rings. The molecule has 7 heteroatoms. The molecule has 0 fully saturated rings. The summed E-state index contributed by atoms with van der Waals surface area (Å²) < 4.78 is 0. The molecule has 0 aliphatic rings. The van der Waals surface area contributed by atoms with Crippen molar-refractivity contribution in [3.63, 3.8) is 0 Å². The Balaban J connectivity index is 1.11. The molecule has 0 unspecified atom stereocenters. The summed E-state index contributed by atoms with van der Waals surface area (Å²) in [6, 6.07) is 51.7. The van der Waals surface area contributed by atoms with Gasteiger partial charge in [0, 0.05) is 34.6 Å². The highest BCUT2D eigenvalue weighted by Crippen LogP contribution is 2.31. The Kier molecular flexibility index (Phi) is 8.16. The Hall–Kier alpha value is -7.17. The predicted octanol–water partition coefficient (Wildman–Crippen LogP) is 9.60. The van der Waals surface area contributed by atoms with Crippen molar-refractivity contribution in [3.8, 4) is 85.3 Å². The first-order valence-electron chi connectivity index (χ1n) is 16.1. The zero-order valence-electron chi connectivity index (χ0n) is 26.7. The average molecular weight is 642 g/mol. The van der Waals surface area contributed by atoms with Crippen molar-refractivity contribution in [1.82, 2.24) is 29.9 Å². The fourth-order valence-corrected chi connectivity index (χ4v) is 5.68. The molecule has 0 saturated heterocycles. The van der Waals surface area contributed by atoms with Gasteiger partial charge < -0.3 is 0 Å². The van der Waals surface area contributed by atoms with Gasteiger partial charge in [-0.05, 0) is 59.2 Å². The minimum atomic E-state index is 0.606. The fraction of sp³-hybridized carbons (Fsp3) is 0. The Morgan fingerprint density at radius 2 is 0.840 bits per heavy atom. The second-order valence-corrected chi connectivity index (χ2v) is 11.6. The van der Waals surface area contributed by atoms with Crippen LogP contribution in [-0.4, -0.2) is 29.9 Å². The number of rotatable bonds is 7. The third kappa shape index (κ3) is 6.37. The molecule has 0 spiro atoms. The lowest BCUT2D eigenvalue weighted by Crippen LogP contribution is -2.00. The van der Waals surface area contributed by atoms with E-state index in [1.54, 1.807) is 6.20 Å². The van der Waals surface area contributed by atoms with E-state index in [4.69, 9.17) is 24.9 Å².